The summed E-state index contributed by atoms with van der Waals surface area (Å²) in [7, 11) is 0. The Balaban J connectivity index is 1.12. The zero-order valence-corrected chi connectivity index (χ0v) is 24.9. The first-order valence-electron chi connectivity index (χ1n) is 15.7. The van der Waals surface area contributed by atoms with Gasteiger partial charge < -0.3 is 9.84 Å². The number of aromatic nitrogens is 5. The second kappa shape index (κ2) is 12.1. The van der Waals surface area contributed by atoms with E-state index in [2.05, 4.69) is 58.7 Å². The molecular weight excluding hydrogens is 550 g/mol. The Kier molecular flexibility index (Phi) is 7.73. The van der Waals surface area contributed by atoms with Gasteiger partial charge in [0.05, 0.1) is 35.9 Å². The van der Waals surface area contributed by atoms with Crippen LogP contribution in [0.25, 0.3) is 16.8 Å². The fraction of sp³-hybridized carbons (Fsp3) is 0.333. The van der Waals surface area contributed by atoms with Gasteiger partial charge in [0.15, 0.2) is 0 Å². The molecule has 2 saturated carbocycles. The van der Waals surface area contributed by atoms with Gasteiger partial charge in [0.1, 0.15) is 11.3 Å². The highest BCUT2D eigenvalue weighted by Gasteiger charge is 2.46. The van der Waals surface area contributed by atoms with Gasteiger partial charge in [0, 0.05) is 18.0 Å². The number of carboxylic acid groups (broad SMARTS) is 1. The molecule has 2 heterocycles. The van der Waals surface area contributed by atoms with Crippen molar-refractivity contribution in [1.82, 2.24) is 24.8 Å². The number of hydrogen-bond acceptors (Lipinski definition) is 5. The van der Waals surface area contributed by atoms with Crippen LogP contribution in [-0.4, -0.2) is 42.0 Å². The average molecular weight is 588 g/mol. The Morgan fingerprint density at radius 3 is 2.52 bits per heavy atom. The summed E-state index contributed by atoms with van der Waals surface area (Å²) in [5.74, 6) is 0.596. The zero-order valence-electron chi connectivity index (χ0n) is 24.9. The van der Waals surface area contributed by atoms with Gasteiger partial charge in [-0.3, -0.25) is 0 Å². The number of carboxylic acids is 1. The molecule has 0 aliphatic heterocycles. The van der Waals surface area contributed by atoms with Gasteiger partial charge >= 0.3 is 5.97 Å². The van der Waals surface area contributed by atoms with Crippen molar-refractivity contribution in [3.8, 4) is 22.6 Å². The molecule has 8 nitrogen and oxygen atoms in total. The molecule has 0 saturated heterocycles. The van der Waals surface area contributed by atoms with E-state index < -0.39 is 5.97 Å². The summed E-state index contributed by atoms with van der Waals surface area (Å²) < 4.78 is 10.0. The molecule has 5 aromatic rings. The monoisotopic (exact) mass is 587 g/mol. The molecule has 1 N–H and O–H groups in total. The van der Waals surface area contributed by atoms with Crippen molar-refractivity contribution >= 4 is 5.97 Å². The van der Waals surface area contributed by atoms with Crippen LogP contribution in [0.3, 0.4) is 0 Å². The molecule has 3 atom stereocenters. The summed E-state index contributed by atoms with van der Waals surface area (Å²) in [5.41, 5.74) is 5.85. The highest BCUT2D eigenvalue weighted by Crippen LogP contribution is 2.55. The van der Waals surface area contributed by atoms with Gasteiger partial charge in [0.2, 0.25) is 0 Å². The van der Waals surface area contributed by atoms with Gasteiger partial charge in [-0.1, -0.05) is 79.1 Å². The first-order chi connectivity index (χ1) is 21.5. The Bertz CT molecular complexity index is 1750. The molecule has 0 amide bonds. The second-order valence-electron chi connectivity index (χ2n) is 12.2. The second-order valence-corrected chi connectivity index (χ2v) is 12.2. The Hall–Kier alpha value is -4.72. The summed E-state index contributed by atoms with van der Waals surface area (Å²) in [6.45, 7) is 2.83. The van der Waals surface area contributed by atoms with E-state index in [4.69, 9.17) is 4.74 Å². The predicted octanol–water partition coefficient (Wildman–Crippen LogP) is 7.50. The lowest BCUT2D eigenvalue weighted by Crippen LogP contribution is -2.25. The van der Waals surface area contributed by atoms with E-state index in [1.165, 1.54) is 38.3 Å². The maximum absolute atomic E-state index is 12.3. The molecule has 1 unspecified atom stereocenters. The number of carbonyl (C=O) groups is 1. The number of benzene rings is 3. The predicted molar refractivity (Wildman–Crippen MR) is 168 cm³/mol. The van der Waals surface area contributed by atoms with Crippen LogP contribution in [0.1, 0.15) is 84.6 Å². The molecule has 7 rings (SSSR count). The number of hydrogen-bond donors (Lipinski definition) is 1. The molecule has 3 aromatic carbocycles. The van der Waals surface area contributed by atoms with Crippen LogP contribution in [0, 0.1) is 5.92 Å². The summed E-state index contributed by atoms with van der Waals surface area (Å²) in [6, 6.07) is 26.5. The van der Waals surface area contributed by atoms with Crippen LogP contribution in [-0.2, 0) is 6.54 Å². The molecule has 0 bridgehead atoms. The van der Waals surface area contributed by atoms with Crippen LogP contribution in [0.15, 0.2) is 91.3 Å². The van der Waals surface area contributed by atoms with Gasteiger partial charge in [-0.25, -0.2) is 14.2 Å². The van der Waals surface area contributed by atoms with Crippen LogP contribution in [0.5, 0.6) is 5.75 Å². The molecule has 2 aromatic heterocycles. The third-order valence-corrected chi connectivity index (χ3v) is 9.20. The minimum atomic E-state index is -0.974. The quantitative estimate of drug-likeness (QED) is 0.182. The zero-order chi connectivity index (χ0) is 30.0. The third kappa shape index (κ3) is 5.89. The van der Waals surface area contributed by atoms with Crippen LogP contribution in [0.2, 0.25) is 0 Å². The van der Waals surface area contributed by atoms with Gasteiger partial charge in [-0.05, 0) is 73.1 Å². The topological polar surface area (TPSA) is 95.1 Å². The van der Waals surface area contributed by atoms with Crippen molar-refractivity contribution in [3.05, 3.63) is 114 Å². The van der Waals surface area contributed by atoms with Crippen molar-refractivity contribution in [2.45, 2.75) is 69.9 Å². The first kappa shape index (κ1) is 28.1. The average Bonchev–Trinajstić information content (AvgIpc) is 3.47. The van der Waals surface area contributed by atoms with E-state index in [1.807, 2.05) is 53.3 Å². The molecular formula is C36H37N5O3. The molecule has 8 heteroatoms. The molecule has 224 valence electrons. The number of nitrogens with zero attached hydrogens (tertiary/aromatic N) is 5. The van der Waals surface area contributed by atoms with Crippen molar-refractivity contribution in [3.63, 3.8) is 0 Å². The normalized spacial score (nSPS) is 19.0. The molecule has 2 aliphatic carbocycles. The highest BCUT2D eigenvalue weighted by atomic mass is 16.5. The van der Waals surface area contributed by atoms with Crippen LogP contribution >= 0.6 is 0 Å². The number of aromatic carboxylic acids is 1. The molecule has 2 fully saturated rings. The van der Waals surface area contributed by atoms with E-state index in [0.29, 0.717) is 18.2 Å². The maximum Gasteiger partial charge on any atom is 0.339 e. The SMILES string of the molecule is C[C@H](Oc1cccc(-c2cccc(-n3ncc(C(=O)O)c3C3C[C@H]3c3cn(Cc4ccccc4)nn3)c2)c1)C1CCCCC1. The summed E-state index contributed by atoms with van der Waals surface area (Å²) in [4.78, 5) is 12.3. The lowest BCUT2D eigenvalue weighted by molar-refractivity contribution is 0.0695. The number of ether oxygens (including phenoxy) is 1. The lowest BCUT2D eigenvalue weighted by Gasteiger charge is -2.28. The standard InChI is InChI=1S/C36H37N5O3/c1-24(26-12-6-3-7-13-26)44-30-17-9-15-28(19-30)27-14-8-16-29(18-27)41-35(33(21-37-41)36(42)43)32-20-31(32)34-23-40(39-38-34)22-25-10-4-2-5-11-25/h2,4-5,8-11,14-19,21,23-24,26,31-32H,3,6-7,12-13,20,22H2,1H3,(H,42,43)/t24-,31+,32?/m0/s1. The minimum Gasteiger partial charge on any atom is -0.490 e. The smallest absolute Gasteiger partial charge is 0.339 e. The van der Waals surface area contributed by atoms with Gasteiger partial charge in [0.25, 0.3) is 0 Å². The number of rotatable bonds is 10. The summed E-state index contributed by atoms with van der Waals surface area (Å²) in [6.07, 6.45) is 10.8. The van der Waals surface area contributed by atoms with E-state index in [0.717, 1.165) is 40.2 Å². The Morgan fingerprint density at radius 2 is 1.73 bits per heavy atom. The van der Waals surface area contributed by atoms with Gasteiger partial charge in [-0.2, -0.15) is 5.10 Å². The third-order valence-electron chi connectivity index (χ3n) is 9.20. The summed E-state index contributed by atoms with van der Waals surface area (Å²) in [5, 5.41) is 23.4. The van der Waals surface area contributed by atoms with Crippen molar-refractivity contribution in [2.24, 2.45) is 5.92 Å². The van der Waals surface area contributed by atoms with Crippen LogP contribution in [0.4, 0.5) is 0 Å². The largest absolute Gasteiger partial charge is 0.490 e. The van der Waals surface area contributed by atoms with E-state index in [-0.39, 0.29) is 23.5 Å². The maximum atomic E-state index is 12.3. The van der Waals surface area contributed by atoms with E-state index in [9.17, 15) is 9.90 Å². The van der Waals surface area contributed by atoms with Crippen molar-refractivity contribution in [1.29, 1.82) is 0 Å². The highest BCUT2D eigenvalue weighted by molar-refractivity contribution is 5.89. The Morgan fingerprint density at radius 1 is 0.955 bits per heavy atom. The fourth-order valence-corrected chi connectivity index (χ4v) is 6.72. The van der Waals surface area contributed by atoms with Crippen molar-refractivity contribution < 1.29 is 14.6 Å². The molecule has 0 spiro atoms. The molecule has 0 radical (unpaired) electrons. The van der Waals surface area contributed by atoms with E-state index >= 15 is 0 Å². The van der Waals surface area contributed by atoms with E-state index in [1.54, 1.807) is 4.68 Å². The fourth-order valence-electron chi connectivity index (χ4n) is 6.72. The minimum absolute atomic E-state index is 0.00728. The Labute approximate surface area is 257 Å². The van der Waals surface area contributed by atoms with Crippen LogP contribution < -0.4 is 4.74 Å². The first-order valence-corrected chi connectivity index (χ1v) is 15.7. The lowest BCUT2D eigenvalue weighted by atomic mass is 9.86. The molecule has 2 aliphatic rings. The summed E-state index contributed by atoms with van der Waals surface area (Å²) >= 11 is 0. The van der Waals surface area contributed by atoms with Crippen molar-refractivity contribution in [2.75, 3.05) is 0 Å². The van der Waals surface area contributed by atoms with Gasteiger partial charge in [-0.15, -0.1) is 5.10 Å². The molecule has 44 heavy (non-hydrogen) atoms.